The van der Waals surface area contributed by atoms with Gasteiger partial charge in [-0.3, -0.25) is 4.90 Å². The average molecular weight is 438 g/mol. The predicted molar refractivity (Wildman–Crippen MR) is 105 cm³/mol. The average Bonchev–Trinajstić information content (AvgIpc) is 3.09. The summed E-state index contributed by atoms with van der Waals surface area (Å²) in [5, 5.41) is 11.1. The molecule has 1 aromatic heterocycles. The lowest BCUT2D eigenvalue weighted by molar-refractivity contribution is 0.0133. The highest BCUT2D eigenvalue weighted by atomic mass is 32.2. The number of alkyl halides is 1. The third-order valence-electron chi connectivity index (χ3n) is 4.54. The Morgan fingerprint density at radius 3 is 2.28 bits per heavy atom. The largest absolute Gasteiger partial charge is 0.378 e. The molecule has 1 saturated heterocycles. The van der Waals surface area contributed by atoms with Gasteiger partial charge in [0.15, 0.2) is 9.84 Å². The van der Waals surface area contributed by atoms with Gasteiger partial charge in [0.2, 0.25) is 0 Å². The zero-order valence-corrected chi connectivity index (χ0v) is 17.8. The van der Waals surface area contributed by atoms with E-state index in [1.807, 2.05) is 11.9 Å². The maximum Gasteiger partial charge on any atom is 0.152 e. The first-order chi connectivity index (χ1) is 14.1. The first-order valence-electron chi connectivity index (χ1n) is 9.83. The molecule has 0 amide bonds. The van der Waals surface area contributed by atoms with Crippen molar-refractivity contribution in [3.8, 4) is 0 Å². The quantitative estimate of drug-likeness (QED) is 0.355. The summed E-state index contributed by atoms with van der Waals surface area (Å²) in [5.41, 5.74) is 0.963. The van der Waals surface area contributed by atoms with Gasteiger partial charge in [-0.1, -0.05) is 5.21 Å². The van der Waals surface area contributed by atoms with Crippen LogP contribution in [0.3, 0.4) is 0 Å². The molecule has 29 heavy (non-hydrogen) atoms. The van der Waals surface area contributed by atoms with Crippen LogP contribution >= 0.6 is 0 Å². The fraction of sp³-hybridized carbons (Fsp3) is 0.882. The Bertz CT molecular complexity index is 674. The van der Waals surface area contributed by atoms with Gasteiger partial charge in [-0.2, -0.15) is 0 Å². The zero-order chi connectivity index (χ0) is 21.0. The molecule has 1 N–H and O–H groups in total. The molecule has 1 fully saturated rings. The molecule has 1 aliphatic rings. The lowest BCUT2D eigenvalue weighted by Crippen LogP contribution is -2.39. The van der Waals surface area contributed by atoms with Gasteiger partial charge in [0, 0.05) is 26.2 Å². The summed E-state index contributed by atoms with van der Waals surface area (Å²) < 4.78 is 54.3. The molecule has 2 rings (SSSR count). The Balaban J connectivity index is 1.61. The lowest BCUT2D eigenvalue weighted by atomic mass is 10.3. The molecule has 0 spiro atoms. The van der Waals surface area contributed by atoms with Crippen molar-refractivity contribution in [2.24, 2.45) is 0 Å². The highest BCUT2D eigenvalue weighted by molar-refractivity contribution is 7.91. The van der Waals surface area contributed by atoms with E-state index >= 15 is 0 Å². The van der Waals surface area contributed by atoms with Crippen LogP contribution in [0.4, 0.5) is 4.39 Å². The van der Waals surface area contributed by atoms with E-state index in [-0.39, 0.29) is 11.5 Å². The Kier molecular flexibility index (Phi) is 11.0. The number of hydrogen-bond donors (Lipinski definition) is 1. The minimum absolute atomic E-state index is 0.129. The van der Waals surface area contributed by atoms with Crippen LogP contribution in [0.15, 0.2) is 0 Å². The maximum atomic E-state index is 13.5. The van der Waals surface area contributed by atoms with Crippen LogP contribution in [0, 0.1) is 0 Å². The molecule has 2 heterocycles. The molecule has 0 aliphatic carbocycles. The number of hydrogen-bond acceptors (Lipinski definition) is 9. The van der Waals surface area contributed by atoms with E-state index in [0.717, 1.165) is 6.54 Å². The second-order valence-corrected chi connectivity index (χ2v) is 9.01. The second kappa shape index (κ2) is 13.2. The van der Waals surface area contributed by atoms with Crippen molar-refractivity contribution < 1.29 is 27.0 Å². The van der Waals surface area contributed by atoms with Gasteiger partial charge in [-0.15, -0.1) is 5.10 Å². The number of aromatic nitrogens is 3. The minimum atomic E-state index is -2.94. The first-order valence-corrected chi connectivity index (χ1v) is 11.7. The Morgan fingerprint density at radius 1 is 1.03 bits per heavy atom. The van der Waals surface area contributed by atoms with Crippen LogP contribution in [0.25, 0.3) is 0 Å². The summed E-state index contributed by atoms with van der Waals surface area (Å²) in [6.07, 6.45) is 0. The van der Waals surface area contributed by atoms with E-state index in [0.29, 0.717) is 77.2 Å². The van der Waals surface area contributed by atoms with Crippen molar-refractivity contribution in [2.45, 2.75) is 19.8 Å². The summed E-state index contributed by atoms with van der Waals surface area (Å²) >= 11 is 0. The minimum Gasteiger partial charge on any atom is -0.378 e. The number of sulfone groups is 1. The van der Waals surface area contributed by atoms with Gasteiger partial charge in [0.25, 0.3) is 0 Å². The molecule has 168 valence electrons. The van der Waals surface area contributed by atoms with Gasteiger partial charge >= 0.3 is 0 Å². The van der Waals surface area contributed by atoms with E-state index in [9.17, 15) is 12.8 Å². The van der Waals surface area contributed by atoms with Crippen molar-refractivity contribution in [2.75, 3.05) is 77.8 Å². The fourth-order valence-corrected chi connectivity index (χ4v) is 4.08. The van der Waals surface area contributed by atoms with E-state index in [2.05, 4.69) is 15.6 Å². The third kappa shape index (κ3) is 9.01. The van der Waals surface area contributed by atoms with Crippen molar-refractivity contribution in [3.05, 3.63) is 11.4 Å². The van der Waals surface area contributed by atoms with Crippen molar-refractivity contribution >= 4 is 9.84 Å². The number of halogens is 1. The normalized spacial score (nSPS) is 17.0. The molecule has 10 nitrogen and oxygen atoms in total. The summed E-state index contributed by atoms with van der Waals surface area (Å²) in [6.45, 7) is 4.80. The summed E-state index contributed by atoms with van der Waals surface area (Å²) in [4.78, 5) is 1.96. The Hall–Kier alpha value is -1.18. The van der Waals surface area contributed by atoms with Crippen molar-refractivity contribution in [1.29, 1.82) is 0 Å². The van der Waals surface area contributed by atoms with E-state index < -0.39 is 16.5 Å². The van der Waals surface area contributed by atoms with Crippen LogP contribution < -0.4 is 5.32 Å². The molecule has 0 saturated carbocycles. The molecule has 0 aromatic carbocycles. The number of ether oxygens (including phenoxy) is 3. The van der Waals surface area contributed by atoms with Gasteiger partial charge in [0.1, 0.15) is 12.4 Å². The molecule has 12 heteroatoms. The van der Waals surface area contributed by atoms with E-state index in [1.165, 1.54) is 4.68 Å². The number of likely N-dealkylation sites (N-methyl/N-ethyl adjacent to an activating group) is 1. The van der Waals surface area contributed by atoms with Gasteiger partial charge in [-0.25, -0.2) is 17.5 Å². The van der Waals surface area contributed by atoms with Gasteiger partial charge in [-0.05, 0) is 7.05 Å². The van der Waals surface area contributed by atoms with Crippen LogP contribution in [0.1, 0.15) is 11.4 Å². The fourth-order valence-electron chi connectivity index (χ4n) is 2.80. The van der Waals surface area contributed by atoms with Gasteiger partial charge < -0.3 is 19.5 Å². The molecule has 0 unspecified atom stereocenters. The number of rotatable bonds is 15. The number of nitrogens with zero attached hydrogens (tertiary/aromatic N) is 4. The van der Waals surface area contributed by atoms with Crippen LogP contribution in [-0.4, -0.2) is 106 Å². The molecular weight excluding hydrogens is 405 g/mol. The first kappa shape index (κ1) is 24.1. The second-order valence-electron chi connectivity index (χ2n) is 6.71. The molecule has 0 bridgehead atoms. The summed E-state index contributed by atoms with van der Waals surface area (Å²) in [7, 11) is -1.07. The van der Waals surface area contributed by atoms with Crippen LogP contribution in [-0.2, 0) is 43.8 Å². The van der Waals surface area contributed by atoms with Gasteiger partial charge in [0.05, 0.1) is 63.4 Å². The number of nitrogens with one attached hydrogen (secondary N) is 1. The van der Waals surface area contributed by atoms with Crippen LogP contribution in [0.2, 0.25) is 0 Å². The molecule has 1 aromatic rings. The van der Waals surface area contributed by atoms with E-state index in [4.69, 9.17) is 14.2 Å². The van der Waals surface area contributed by atoms with Crippen molar-refractivity contribution in [1.82, 2.24) is 25.2 Å². The molecule has 0 radical (unpaired) electrons. The molecular formula is C17H32FN5O5S. The van der Waals surface area contributed by atoms with Crippen LogP contribution in [0.5, 0.6) is 0 Å². The summed E-state index contributed by atoms with van der Waals surface area (Å²) in [6, 6.07) is 0. The Labute approximate surface area is 171 Å². The monoisotopic (exact) mass is 437 g/mol. The highest BCUT2D eigenvalue weighted by Gasteiger charge is 2.23. The maximum absolute atomic E-state index is 13.5. The SMILES string of the molecule is CNCCOCCOCCOCCn1nnc(CN2CCS(=O)(=O)CC2)c1CF. The third-order valence-corrected chi connectivity index (χ3v) is 6.15. The smallest absolute Gasteiger partial charge is 0.152 e. The van der Waals surface area contributed by atoms with Crippen molar-refractivity contribution in [3.63, 3.8) is 0 Å². The predicted octanol–water partition coefficient (Wildman–Crippen LogP) is -0.753. The topological polar surface area (TPSA) is 108 Å². The standard InChI is InChI=1S/C17H32FN5O5S/c1-19-2-6-26-8-10-28-11-9-27-7-3-23-17(14-18)16(20-21-23)15-22-4-12-29(24,25)13-5-22/h19H,2-15H2,1H3. The highest BCUT2D eigenvalue weighted by Crippen LogP contribution is 2.13. The summed E-state index contributed by atoms with van der Waals surface area (Å²) in [5.74, 6) is 0.258. The zero-order valence-electron chi connectivity index (χ0n) is 17.0. The molecule has 0 atom stereocenters. The molecule has 1 aliphatic heterocycles. The van der Waals surface area contributed by atoms with E-state index in [1.54, 1.807) is 0 Å². The Morgan fingerprint density at radius 2 is 1.66 bits per heavy atom. The lowest BCUT2D eigenvalue weighted by Gasteiger charge is -2.25.